The van der Waals surface area contributed by atoms with Crippen molar-refractivity contribution in [3.8, 4) is 0 Å². The minimum Gasteiger partial charge on any atom is -0.466 e. The Bertz CT molecular complexity index is 266. The van der Waals surface area contributed by atoms with Crippen LogP contribution >= 0.6 is 15.9 Å². The van der Waals surface area contributed by atoms with Gasteiger partial charge in [-0.2, -0.15) is 0 Å². The van der Waals surface area contributed by atoms with Gasteiger partial charge in [0, 0.05) is 16.0 Å². The monoisotopic (exact) mass is 244 g/mol. The minimum absolute atomic E-state index is 0.209. The number of hydrogen-bond donors (Lipinski definition) is 0. The Balaban J connectivity index is 2.81. The highest BCUT2D eigenvalue weighted by Gasteiger charge is 2.26. The molecule has 0 saturated heterocycles. The molecule has 1 aliphatic carbocycles. The average molecular weight is 245 g/mol. The summed E-state index contributed by atoms with van der Waals surface area (Å²) < 4.78 is 5.66. The summed E-state index contributed by atoms with van der Waals surface area (Å²) >= 11 is 3.44. The molecule has 0 bridgehead atoms. The van der Waals surface area contributed by atoms with Gasteiger partial charge in [0.05, 0.1) is 7.11 Å². The molecule has 2 nitrogen and oxygen atoms in total. The van der Waals surface area contributed by atoms with Crippen LogP contribution in [-0.2, 0) is 9.53 Å². The Labute approximate surface area is 86.8 Å². The molecule has 1 aliphatic rings. The first-order valence-electron chi connectivity index (χ1n) is 4.30. The molecule has 0 fully saturated rings. The SMILES string of the molecule is C/C=C\C1CCC(C(=O)OC)=C1Br. The van der Waals surface area contributed by atoms with E-state index in [-0.39, 0.29) is 5.97 Å². The van der Waals surface area contributed by atoms with Gasteiger partial charge >= 0.3 is 5.97 Å². The Kier molecular flexibility index (Phi) is 3.72. The smallest absolute Gasteiger partial charge is 0.334 e. The largest absolute Gasteiger partial charge is 0.466 e. The van der Waals surface area contributed by atoms with Crippen molar-refractivity contribution >= 4 is 21.9 Å². The van der Waals surface area contributed by atoms with Crippen LogP contribution in [0.4, 0.5) is 0 Å². The van der Waals surface area contributed by atoms with E-state index in [1.807, 2.05) is 13.0 Å². The van der Waals surface area contributed by atoms with Crippen LogP contribution in [0.2, 0.25) is 0 Å². The second-order valence-corrected chi connectivity index (χ2v) is 3.84. The number of carbonyl (C=O) groups excluding carboxylic acids is 1. The average Bonchev–Trinajstić information content (AvgIpc) is 2.48. The number of esters is 1. The Hall–Kier alpha value is -0.570. The van der Waals surface area contributed by atoms with E-state index in [9.17, 15) is 4.79 Å². The van der Waals surface area contributed by atoms with Gasteiger partial charge in [-0.15, -0.1) is 0 Å². The van der Waals surface area contributed by atoms with Gasteiger partial charge in [-0.05, 0) is 19.8 Å². The zero-order chi connectivity index (χ0) is 9.84. The summed E-state index contributed by atoms with van der Waals surface area (Å²) in [5, 5.41) is 0. The molecule has 1 rings (SSSR count). The maximum atomic E-state index is 11.2. The fraction of sp³-hybridized carbons (Fsp3) is 0.500. The van der Waals surface area contributed by atoms with Gasteiger partial charge in [0.2, 0.25) is 0 Å². The molecule has 72 valence electrons. The molecule has 0 spiro atoms. The van der Waals surface area contributed by atoms with E-state index in [2.05, 4.69) is 26.7 Å². The molecule has 0 heterocycles. The van der Waals surface area contributed by atoms with Gasteiger partial charge in [-0.1, -0.05) is 28.1 Å². The van der Waals surface area contributed by atoms with Crippen molar-refractivity contribution in [1.82, 2.24) is 0 Å². The third kappa shape index (κ3) is 2.21. The van der Waals surface area contributed by atoms with E-state index >= 15 is 0 Å². The molecule has 1 unspecified atom stereocenters. The first kappa shape index (κ1) is 10.5. The normalized spacial score (nSPS) is 22.8. The molecule has 3 heteroatoms. The summed E-state index contributed by atoms with van der Waals surface area (Å²) in [6.07, 6.45) is 5.91. The highest BCUT2D eigenvalue weighted by atomic mass is 79.9. The van der Waals surface area contributed by atoms with E-state index in [4.69, 9.17) is 0 Å². The Morgan fingerprint density at radius 2 is 2.38 bits per heavy atom. The molecule has 0 aromatic carbocycles. The lowest BCUT2D eigenvalue weighted by Gasteiger charge is -2.02. The standard InChI is InChI=1S/C10H13BrO2/c1-3-4-7-5-6-8(9(7)11)10(12)13-2/h3-4,7H,5-6H2,1-2H3/b4-3-. The van der Waals surface area contributed by atoms with Gasteiger partial charge in [-0.3, -0.25) is 0 Å². The van der Waals surface area contributed by atoms with Gasteiger partial charge in [0.25, 0.3) is 0 Å². The van der Waals surface area contributed by atoms with Gasteiger partial charge < -0.3 is 4.74 Å². The number of hydrogen-bond acceptors (Lipinski definition) is 2. The van der Waals surface area contributed by atoms with E-state index < -0.39 is 0 Å². The van der Waals surface area contributed by atoms with Gasteiger partial charge in [-0.25, -0.2) is 4.79 Å². The quantitative estimate of drug-likeness (QED) is 0.552. The van der Waals surface area contributed by atoms with Crippen LogP contribution < -0.4 is 0 Å². The van der Waals surface area contributed by atoms with Crippen LogP contribution in [0, 0.1) is 5.92 Å². The third-order valence-electron chi connectivity index (χ3n) is 2.18. The van der Waals surface area contributed by atoms with E-state index in [1.165, 1.54) is 7.11 Å². The van der Waals surface area contributed by atoms with Crippen LogP contribution in [0.3, 0.4) is 0 Å². The van der Waals surface area contributed by atoms with Crippen molar-refractivity contribution in [1.29, 1.82) is 0 Å². The number of ether oxygens (including phenoxy) is 1. The van der Waals surface area contributed by atoms with Crippen LogP contribution in [-0.4, -0.2) is 13.1 Å². The predicted octanol–water partition coefficient (Wildman–Crippen LogP) is 2.79. The fourth-order valence-corrected chi connectivity index (χ4v) is 2.25. The molecule has 0 N–H and O–H groups in total. The highest BCUT2D eigenvalue weighted by molar-refractivity contribution is 9.11. The topological polar surface area (TPSA) is 26.3 Å². The third-order valence-corrected chi connectivity index (χ3v) is 3.24. The minimum atomic E-state index is -0.209. The summed E-state index contributed by atoms with van der Waals surface area (Å²) in [6, 6.07) is 0. The second-order valence-electron chi connectivity index (χ2n) is 2.99. The highest BCUT2D eigenvalue weighted by Crippen LogP contribution is 2.37. The number of halogens is 1. The number of allylic oxidation sites excluding steroid dienone is 3. The van der Waals surface area contributed by atoms with Crippen molar-refractivity contribution in [3.05, 3.63) is 22.2 Å². The van der Waals surface area contributed by atoms with Crippen molar-refractivity contribution < 1.29 is 9.53 Å². The number of methoxy groups -OCH3 is 1. The zero-order valence-corrected chi connectivity index (χ0v) is 9.43. The molecule has 13 heavy (non-hydrogen) atoms. The molecule has 0 aromatic rings. The maximum Gasteiger partial charge on any atom is 0.334 e. The Morgan fingerprint density at radius 3 is 2.92 bits per heavy atom. The van der Waals surface area contributed by atoms with Crippen LogP contribution in [0.25, 0.3) is 0 Å². The van der Waals surface area contributed by atoms with Gasteiger partial charge in [0.1, 0.15) is 0 Å². The maximum absolute atomic E-state index is 11.2. The molecule has 1 atom stereocenters. The van der Waals surface area contributed by atoms with Crippen molar-refractivity contribution in [2.75, 3.05) is 7.11 Å². The van der Waals surface area contributed by atoms with E-state index in [1.54, 1.807) is 0 Å². The lowest BCUT2D eigenvalue weighted by molar-refractivity contribution is -0.136. The molecular formula is C10H13BrO2. The fourth-order valence-electron chi connectivity index (χ4n) is 1.51. The summed E-state index contributed by atoms with van der Waals surface area (Å²) in [5.41, 5.74) is 0.783. The zero-order valence-electron chi connectivity index (χ0n) is 7.84. The first-order valence-corrected chi connectivity index (χ1v) is 5.09. The summed E-state index contributed by atoms with van der Waals surface area (Å²) in [7, 11) is 1.42. The van der Waals surface area contributed by atoms with E-state index in [0.29, 0.717) is 5.92 Å². The van der Waals surface area contributed by atoms with Gasteiger partial charge in [0.15, 0.2) is 0 Å². The first-order chi connectivity index (χ1) is 6.20. The predicted molar refractivity (Wildman–Crippen MR) is 55.5 cm³/mol. The molecular weight excluding hydrogens is 232 g/mol. The molecule has 0 saturated carbocycles. The summed E-state index contributed by atoms with van der Waals surface area (Å²) in [4.78, 5) is 11.2. The van der Waals surface area contributed by atoms with Crippen LogP contribution in [0.1, 0.15) is 19.8 Å². The lowest BCUT2D eigenvalue weighted by Crippen LogP contribution is -2.03. The van der Waals surface area contributed by atoms with Crippen LogP contribution in [0.15, 0.2) is 22.2 Å². The summed E-state index contributed by atoms with van der Waals surface area (Å²) in [6.45, 7) is 1.98. The number of carbonyl (C=O) groups is 1. The number of rotatable bonds is 2. The Morgan fingerprint density at radius 1 is 1.69 bits per heavy atom. The molecule has 0 aromatic heterocycles. The van der Waals surface area contributed by atoms with Crippen LogP contribution in [0.5, 0.6) is 0 Å². The van der Waals surface area contributed by atoms with E-state index in [0.717, 1.165) is 22.9 Å². The summed E-state index contributed by atoms with van der Waals surface area (Å²) in [5.74, 6) is 0.151. The molecule has 0 aliphatic heterocycles. The van der Waals surface area contributed by atoms with Crippen molar-refractivity contribution in [2.24, 2.45) is 5.92 Å². The second kappa shape index (κ2) is 4.61. The van der Waals surface area contributed by atoms with Crippen molar-refractivity contribution in [2.45, 2.75) is 19.8 Å². The lowest BCUT2D eigenvalue weighted by atomic mass is 10.1. The molecule has 0 radical (unpaired) electrons. The van der Waals surface area contributed by atoms with Crippen molar-refractivity contribution in [3.63, 3.8) is 0 Å². The molecule has 0 amide bonds.